The third kappa shape index (κ3) is 2.16. The first-order chi connectivity index (χ1) is 9.18. The molecule has 100 valence electrons. The van der Waals surface area contributed by atoms with Gasteiger partial charge in [-0.1, -0.05) is 26.0 Å². The Morgan fingerprint density at radius 3 is 2.74 bits per heavy atom. The van der Waals surface area contributed by atoms with Crippen LogP contribution in [-0.4, -0.2) is 14.8 Å². The molecule has 1 aliphatic rings. The second kappa shape index (κ2) is 4.97. The van der Waals surface area contributed by atoms with Crippen molar-refractivity contribution in [3.05, 3.63) is 40.4 Å². The quantitative estimate of drug-likeness (QED) is 0.832. The van der Waals surface area contributed by atoms with Crippen molar-refractivity contribution in [2.24, 2.45) is 0 Å². The predicted octanol–water partition coefficient (Wildman–Crippen LogP) is 3.92. The fourth-order valence-corrected chi connectivity index (χ4v) is 3.06. The molecule has 0 radical (unpaired) electrons. The summed E-state index contributed by atoms with van der Waals surface area (Å²) in [4.78, 5) is 0. The fourth-order valence-electron chi connectivity index (χ4n) is 2.84. The van der Waals surface area contributed by atoms with Crippen LogP contribution in [-0.2, 0) is 12.8 Å². The van der Waals surface area contributed by atoms with E-state index in [1.165, 1.54) is 30.4 Å². The van der Waals surface area contributed by atoms with E-state index in [4.69, 9.17) is 11.6 Å². The van der Waals surface area contributed by atoms with E-state index in [1.54, 1.807) is 0 Å². The lowest BCUT2D eigenvalue weighted by Gasteiger charge is -2.21. The molecule has 0 amide bonds. The van der Waals surface area contributed by atoms with Crippen molar-refractivity contribution in [3.63, 3.8) is 0 Å². The molecule has 0 unspecified atom stereocenters. The van der Waals surface area contributed by atoms with Gasteiger partial charge in [-0.2, -0.15) is 0 Å². The SMILES string of the molecule is CC(C)c1nnc(Cl)n1-c1cccc2c1CCCC2. The Morgan fingerprint density at radius 2 is 1.95 bits per heavy atom. The van der Waals surface area contributed by atoms with Crippen LogP contribution in [0.2, 0.25) is 5.28 Å². The number of aromatic nitrogens is 3. The Balaban J connectivity index is 2.20. The lowest BCUT2D eigenvalue weighted by atomic mass is 9.90. The summed E-state index contributed by atoms with van der Waals surface area (Å²) in [5.74, 6) is 1.24. The van der Waals surface area contributed by atoms with Gasteiger partial charge in [0.05, 0.1) is 5.69 Å². The Bertz CT molecular complexity index is 601. The first kappa shape index (κ1) is 12.7. The molecule has 0 N–H and O–H groups in total. The molecule has 1 aromatic heterocycles. The molecular weight excluding hydrogens is 258 g/mol. The Hall–Kier alpha value is -1.35. The molecule has 0 spiro atoms. The third-order valence-corrected chi connectivity index (χ3v) is 4.02. The monoisotopic (exact) mass is 275 g/mol. The fraction of sp³-hybridized carbons (Fsp3) is 0.467. The number of rotatable bonds is 2. The number of aryl methyl sites for hydroxylation is 1. The van der Waals surface area contributed by atoms with E-state index in [0.29, 0.717) is 11.2 Å². The predicted molar refractivity (Wildman–Crippen MR) is 77.1 cm³/mol. The molecule has 0 saturated heterocycles. The zero-order valence-corrected chi connectivity index (χ0v) is 12.1. The highest BCUT2D eigenvalue weighted by molar-refractivity contribution is 6.28. The van der Waals surface area contributed by atoms with E-state index >= 15 is 0 Å². The standard InChI is InChI=1S/C15H18ClN3/c1-10(2)14-17-18-15(16)19(14)13-9-5-7-11-6-3-4-8-12(11)13/h5,7,9-10H,3-4,6,8H2,1-2H3. The van der Waals surface area contributed by atoms with Crippen molar-refractivity contribution >= 4 is 11.6 Å². The van der Waals surface area contributed by atoms with Gasteiger partial charge in [-0.15, -0.1) is 10.2 Å². The van der Waals surface area contributed by atoms with Crippen molar-refractivity contribution in [3.8, 4) is 5.69 Å². The van der Waals surface area contributed by atoms with Gasteiger partial charge in [-0.25, -0.2) is 0 Å². The Morgan fingerprint density at radius 1 is 1.16 bits per heavy atom. The maximum atomic E-state index is 6.26. The van der Waals surface area contributed by atoms with Crippen molar-refractivity contribution in [1.82, 2.24) is 14.8 Å². The summed E-state index contributed by atoms with van der Waals surface area (Å²) in [5.41, 5.74) is 4.02. The minimum atomic E-state index is 0.305. The van der Waals surface area contributed by atoms with Crippen molar-refractivity contribution in [2.45, 2.75) is 45.4 Å². The van der Waals surface area contributed by atoms with Crippen LogP contribution < -0.4 is 0 Å². The summed E-state index contributed by atoms with van der Waals surface area (Å²) in [6, 6.07) is 6.47. The Kier molecular flexibility index (Phi) is 3.31. The van der Waals surface area contributed by atoms with Gasteiger partial charge in [0.15, 0.2) is 0 Å². The van der Waals surface area contributed by atoms with Crippen LogP contribution in [0.4, 0.5) is 0 Å². The van der Waals surface area contributed by atoms with Gasteiger partial charge in [0.2, 0.25) is 5.28 Å². The van der Waals surface area contributed by atoms with Crippen LogP contribution in [0, 0.1) is 0 Å². The lowest BCUT2D eigenvalue weighted by molar-refractivity contribution is 0.675. The van der Waals surface area contributed by atoms with E-state index in [-0.39, 0.29) is 0 Å². The molecule has 2 aromatic rings. The van der Waals surface area contributed by atoms with Gasteiger partial charge in [0.1, 0.15) is 5.82 Å². The molecule has 0 aliphatic heterocycles. The summed E-state index contributed by atoms with van der Waals surface area (Å²) in [5, 5.41) is 8.72. The van der Waals surface area contributed by atoms with Gasteiger partial charge >= 0.3 is 0 Å². The smallest absolute Gasteiger partial charge is 0.229 e. The second-order valence-electron chi connectivity index (χ2n) is 5.44. The van der Waals surface area contributed by atoms with E-state index in [0.717, 1.165) is 17.9 Å². The second-order valence-corrected chi connectivity index (χ2v) is 5.78. The van der Waals surface area contributed by atoms with Gasteiger partial charge in [-0.05, 0) is 54.5 Å². The molecule has 3 nitrogen and oxygen atoms in total. The maximum absolute atomic E-state index is 6.26. The van der Waals surface area contributed by atoms with E-state index in [1.807, 2.05) is 4.57 Å². The number of nitrogens with zero attached hydrogens (tertiary/aromatic N) is 3. The van der Waals surface area contributed by atoms with E-state index in [9.17, 15) is 0 Å². The zero-order valence-electron chi connectivity index (χ0n) is 11.4. The molecule has 1 aromatic carbocycles. The molecule has 0 atom stereocenters. The van der Waals surface area contributed by atoms with Crippen molar-refractivity contribution in [2.75, 3.05) is 0 Å². The molecule has 4 heteroatoms. The highest BCUT2D eigenvalue weighted by Crippen LogP contribution is 2.30. The van der Waals surface area contributed by atoms with Crippen LogP contribution in [0.25, 0.3) is 5.69 Å². The zero-order chi connectivity index (χ0) is 13.4. The van der Waals surface area contributed by atoms with Gasteiger partial charge < -0.3 is 0 Å². The lowest BCUT2D eigenvalue weighted by Crippen LogP contribution is -2.11. The van der Waals surface area contributed by atoms with Gasteiger partial charge in [0, 0.05) is 5.92 Å². The normalized spacial score (nSPS) is 14.7. The molecular formula is C15H18ClN3. The topological polar surface area (TPSA) is 30.7 Å². The summed E-state index contributed by atoms with van der Waals surface area (Å²) in [6.07, 6.45) is 4.82. The largest absolute Gasteiger partial charge is 0.269 e. The highest BCUT2D eigenvalue weighted by atomic mass is 35.5. The number of benzene rings is 1. The van der Waals surface area contributed by atoms with Crippen LogP contribution in [0.3, 0.4) is 0 Å². The Labute approximate surface area is 118 Å². The van der Waals surface area contributed by atoms with Gasteiger partial charge in [-0.3, -0.25) is 4.57 Å². The van der Waals surface area contributed by atoms with E-state index in [2.05, 4.69) is 42.2 Å². The molecule has 0 saturated carbocycles. The first-order valence-electron chi connectivity index (χ1n) is 6.90. The van der Waals surface area contributed by atoms with Crippen LogP contribution in [0.5, 0.6) is 0 Å². The molecule has 0 bridgehead atoms. The molecule has 0 fully saturated rings. The molecule has 1 heterocycles. The van der Waals surface area contributed by atoms with Crippen LogP contribution in [0.1, 0.15) is 49.6 Å². The molecule has 3 rings (SSSR count). The number of hydrogen-bond donors (Lipinski definition) is 0. The minimum absolute atomic E-state index is 0.305. The number of halogens is 1. The summed E-state index contributed by atoms with van der Waals surface area (Å²) in [7, 11) is 0. The average Bonchev–Trinajstić information content (AvgIpc) is 2.80. The third-order valence-electron chi connectivity index (χ3n) is 3.78. The van der Waals surface area contributed by atoms with Crippen molar-refractivity contribution < 1.29 is 0 Å². The van der Waals surface area contributed by atoms with Gasteiger partial charge in [0.25, 0.3) is 0 Å². The summed E-state index contributed by atoms with van der Waals surface area (Å²) >= 11 is 6.26. The van der Waals surface area contributed by atoms with Crippen LogP contribution >= 0.6 is 11.6 Å². The molecule has 19 heavy (non-hydrogen) atoms. The van der Waals surface area contributed by atoms with Crippen LogP contribution in [0.15, 0.2) is 18.2 Å². The summed E-state index contributed by atoms with van der Waals surface area (Å²) < 4.78 is 2.01. The first-order valence-corrected chi connectivity index (χ1v) is 7.28. The average molecular weight is 276 g/mol. The van der Waals surface area contributed by atoms with E-state index < -0.39 is 0 Å². The minimum Gasteiger partial charge on any atom is -0.269 e. The highest BCUT2D eigenvalue weighted by Gasteiger charge is 2.20. The van der Waals surface area contributed by atoms with Crippen molar-refractivity contribution in [1.29, 1.82) is 0 Å². The number of hydrogen-bond acceptors (Lipinski definition) is 2. The summed E-state index contributed by atoms with van der Waals surface area (Å²) in [6.45, 7) is 4.23. The maximum Gasteiger partial charge on any atom is 0.229 e. The molecule has 1 aliphatic carbocycles. The number of fused-ring (bicyclic) bond motifs is 1.